The van der Waals surface area contributed by atoms with Crippen LogP contribution in [0.1, 0.15) is 28.4 Å². The van der Waals surface area contributed by atoms with Crippen LogP contribution in [0.25, 0.3) is 0 Å². The molecule has 0 radical (unpaired) electrons. The van der Waals surface area contributed by atoms with Crippen molar-refractivity contribution in [3.05, 3.63) is 15.6 Å². The lowest BCUT2D eigenvalue weighted by atomic mass is 9.98. The highest BCUT2D eigenvalue weighted by atomic mass is 35.5. The van der Waals surface area contributed by atoms with E-state index in [1.165, 1.54) is 0 Å². The summed E-state index contributed by atoms with van der Waals surface area (Å²) < 4.78 is 38.6. The van der Waals surface area contributed by atoms with Crippen LogP contribution in [0.3, 0.4) is 0 Å². The maximum Gasteiger partial charge on any atom is 0.434 e. The van der Waals surface area contributed by atoms with E-state index >= 15 is 0 Å². The highest BCUT2D eigenvalue weighted by Crippen LogP contribution is 2.35. The summed E-state index contributed by atoms with van der Waals surface area (Å²) in [4.78, 5) is 6.01. The molecule has 2 rings (SSSR count). The number of thiazole rings is 1. The van der Waals surface area contributed by atoms with Crippen LogP contribution in [0.5, 0.6) is 0 Å². The second-order valence-corrected chi connectivity index (χ2v) is 6.27. The Morgan fingerprint density at radius 1 is 1.45 bits per heavy atom. The summed E-state index contributed by atoms with van der Waals surface area (Å²) >= 11 is 1.14. The van der Waals surface area contributed by atoms with Gasteiger partial charge in [-0.05, 0) is 38.8 Å². The van der Waals surface area contributed by atoms with E-state index < -0.39 is 11.9 Å². The maximum atomic E-state index is 12.9. The second kappa shape index (κ2) is 7.06. The van der Waals surface area contributed by atoms with Crippen molar-refractivity contribution in [1.29, 1.82) is 0 Å². The lowest BCUT2D eigenvalue weighted by molar-refractivity contribution is -0.141. The van der Waals surface area contributed by atoms with Gasteiger partial charge in [0.25, 0.3) is 0 Å². The van der Waals surface area contributed by atoms with Crippen LogP contribution in [-0.2, 0) is 12.7 Å². The zero-order valence-corrected chi connectivity index (χ0v) is 12.9. The third-order valence-electron chi connectivity index (χ3n) is 3.38. The fourth-order valence-electron chi connectivity index (χ4n) is 2.49. The van der Waals surface area contributed by atoms with Gasteiger partial charge in [-0.2, -0.15) is 13.2 Å². The molecule has 116 valence electrons. The minimum Gasteiger partial charge on any atom is -0.330 e. The van der Waals surface area contributed by atoms with Crippen molar-refractivity contribution in [3.8, 4) is 0 Å². The summed E-state index contributed by atoms with van der Waals surface area (Å²) in [5.74, 6) is 0.400. The number of hydrogen-bond donors (Lipinski definition) is 1. The average molecular weight is 330 g/mol. The Morgan fingerprint density at radius 3 is 2.75 bits per heavy atom. The normalized spacial score (nSPS) is 20.8. The first-order valence-corrected chi connectivity index (χ1v) is 7.17. The molecule has 1 atom stereocenters. The summed E-state index contributed by atoms with van der Waals surface area (Å²) in [6.45, 7) is 4.17. The van der Waals surface area contributed by atoms with Crippen molar-refractivity contribution < 1.29 is 13.2 Å². The summed E-state index contributed by atoms with van der Waals surface area (Å²) in [5.41, 5.74) is 4.93. The molecule has 0 spiro atoms. The number of rotatable bonds is 3. The van der Waals surface area contributed by atoms with Crippen molar-refractivity contribution in [2.75, 3.05) is 19.6 Å². The first-order chi connectivity index (χ1) is 8.90. The molecule has 1 aromatic rings. The molecule has 20 heavy (non-hydrogen) atoms. The van der Waals surface area contributed by atoms with Gasteiger partial charge in [-0.3, -0.25) is 4.90 Å². The van der Waals surface area contributed by atoms with Crippen LogP contribution in [0, 0.1) is 12.8 Å². The number of nitrogens with zero attached hydrogens (tertiary/aromatic N) is 2. The second-order valence-electron chi connectivity index (χ2n) is 4.98. The number of piperidine rings is 1. The topological polar surface area (TPSA) is 42.2 Å². The highest BCUT2D eigenvalue weighted by Gasteiger charge is 2.37. The minimum atomic E-state index is -4.36. The molecule has 8 heteroatoms. The van der Waals surface area contributed by atoms with Gasteiger partial charge in [0.15, 0.2) is 5.69 Å². The van der Waals surface area contributed by atoms with Crippen LogP contribution in [0.4, 0.5) is 13.2 Å². The molecule has 1 unspecified atom stereocenters. The molecule has 2 N–H and O–H groups in total. The van der Waals surface area contributed by atoms with Crippen molar-refractivity contribution in [1.82, 2.24) is 9.88 Å². The van der Waals surface area contributed by atoms with Crippen LogP contribution >= 0.6 is 23.7 Å². The first-order valence-electron chi connectivity index (χ1n) is 6.36. The number of hydrogen-bond acceptors (Lipinski definition) is 4. The molecule has 1 aliphatic heterocycles. The van der Waals surface area contributed by atoms with Gasteiger partial charge in [0, 0.05) is 13.1 Å². The van der Waals surface area contributed by atoms with Crippen LogP contribution in [0.2, 0.25) is 0 Å². The van der Waals surface area contributed by atoms with E-state index in [1.807, 2.05) is 0 Å². The summed E-state index contributed by atoms with van der Waals surface area (Å²) in [6, 6.07) is 0. The van der Waals surface area contributed by atoms with Gasteiger partial charge in [-0.15, -0.1) is 23.7 Å². The average Bonchev–Trinajstić information content (AvgIpc) is 2.70. The monoisotopic (exact) mass is 329 g/mol. The van der Waals surface area contributed by atoms with Crippen LogP contribution < -0.4 is 5.73 Å². The molecule has 1 aliphatic rings. The molecule has 0 aliphatic carbocycles. The highest BCUT2D eigenvalue weighted by molar-refractivity contribution is 7.11. The van der Waals surface area contributed by atoms with Crippen LogP contribution in [0.15, 0.2) is 0 Å². The predicted octanol–water partition coefficient (Wildman–Crippen LogP) is 3.06. The fraction of sp³-hybridized carbons (Fsp3) is 0.750. The van der Waals surface area contributed by atoms with Crippen molar-refractivity contribution in [2.45, 2.75) is 32.5 Å². The van der Waals surface area contributed by atoms with Crippen LogP contribution in [-0.4, -0.2) is 29.5 Å². The zero-order chi connectivity index (χ0) is 14.0. The number of halogens is 4. The van der Waals surface area contributed by atoms with Gasteiger partial charge < -0.3 is 5.73 Å². The van der Waals surface area contributed by atoms with E-state index in [0.29, 0.717) is 28.9 Å². The largest absolute Gasteiger partial charge is 0.434 e. The predicted molar refractivity (Wildman–Crippen MR) is 76.2 cm³/mol. The molecular weight excluding hydrogens is 311 g/mol. The van der Waals surface area contributed by atoms with Gasteiger partial charge in [0.1, 0.15) is 0 Å². The van der Waals surface area contributed by atoms with Gasteiger partial charge >= 0.3 is 6.18 Å². The number of aryl methyl sites for hydroxylation is 1. The van der Waals surface area contributed by atoms with Gasteiger partial charge in [0.2, 0.25) is 0 Å². The fourth-order valence-corrected chi connectivity index (χ4v) is 3.49. The Bertz CT molecular complexity index is 436. The van der Waals surface area contributed by atoms with E-state index in [4.69, 9.17) is 5.73 Å². The van der Waals surface area contributed by atoms with E-state index in [2.05, 4.69) is 9.88 Å². The van der Waals surface area contributed by atoms with Crippen molar-refractivity contribution in [3.63, 3.8) is 0 Å². The minimum absolute atomic E-state index is 0. The Kier molecular flexibility index (Phi) is 6.25. The Morgan fingerprint density at radius 2 is 2.15 bits per heavy atom. The van der Waals surface area contributed by atoms with Gasteiger partial charge in [-0.1, -0.05) is 0 Å². The van der Waals surface area contributed by atoms with E-state index in [1.54, 1.807) is 6.92 Å². The molecule has 0 saturated carbocycles. The van der Waals surface area contributed by atoms with E-state index in [-0.39, 0.29) is 12.4 Å². The lowest BCUT2D eigenvalue weighted by Gasteiger charge is -2.31. The number of alkyl halides is 3. The number of nitrogens with two attached hydrogens (primary N) is 1. The molecule has 1 fully saturated rings. The quantitative estimate of drug-likeness (QED) is 0.926. The molecule has 1 saturated heterocycles. The SMILES string of the molecule is Cc1nc(C(F)(F)F)c(CN2CCCC(CN)C2)s1.Cl. The molecular formula is C12H19ClF3N3S. The molecule has 0 amide bonds. The molecule has 2 heterocycles. The maximum absolute atomic E-state index is 12.9. The third-order valence-corrected chi connectivity index (χ3v) is 4.33. The number of aromatic nitrogens is 1. The third kappa shape index (κ3) is 4.31. The summed E-state index contributed by atoms with van der Waals surface area (Å²) in [6.07, 6.45) is -2.29. The van der Waals surface area contributed by atoms with E-state index in [9.17, 15) is 13.2 Å². The number of likely N-dealkylation sites (tertiary alicyclic amines) is 1. The smallest absolute Gasteiger partial charge is 0.330 e. The zero-order valence-electron chi connectivity index (χ0n) is 11.2. The van der Waals surface area contributed by atoms with E-state index in [0.717, 1.165) is 37.3 Å². The Hall–Kier alpha value is -0.370. The summed E-state index contributed by atoms with van der Waals surface area (Å²) in [7, 11) is 0. The molecule has 0 aromatic carbocycles. The summed E-state index contributed by atoms with van der Waals surface area (Å²) in [5, 5.41) is 0.467. The van der Waals surface area contributed by atoms with Gasteiger partial charge in [0.05, 0.1) is 9.88 Å². The van der Waals surface area contributed by atoms with Crippen molar-refractivity contribution in [2.24, 2.45) is 11.7 Å². The molecule has 3 nitrogen and oxygen atoms in total. The lowest BCUT2D eigenvalue weighted by Crippen LogP contribution is -2.38. The molecule has 1 aromatic heterocycles. The Balaban J connectivity index is 0.00000200. The first kappa shape index (κ1) is 17.7. The van der Waals surface area contributed by atoms with Gasteiger partial charge in [-0.25, -0.2) is 4.98 Å². The molecule has 0 bridgehead atoms. The standard InChI is InChI=1S/C12H18F3N3S.ClH/c1-8-17-11(12(13,14)15)10(19-8)7-18-4-2-3-9(5-16)6-18;/h9H,2-7,16H2,1H3;1H. The Labute approximate surface area is 126 Å². The van der Waals surface area contributed by atoms with Crippen molar-refractivity contribution >= 4 is 23.7 Å².